The van der Waals surface area contributed by atoms with Crippen LogP contribution in [0.3, 0.4) is 0 Å². The summed E-state index contributed by atoms with van der Waals surface area (Å²) in [6.07, 6.45) is 0. The van der Waals surface area contributed by atoms with Crippen molar-refractivity contribution in [2.45, 2.75) is 19.9 Å². The Morgan fingerprint density at radius 3 is 2.50 bits per heavy atom. The minimum absolute atomic E-state index is 0.238. The van der Waals surface area contributed by atoms with Crippen LogP contribution < -0.4 is 10.6 Å². The maximum Gasteiger partial charge on any atom is 0.243 e. The Morgan fingerprint density at radius 2 is 2.06 bits per heavy atom. The first kappa shape index (κ1) is 15.4. The van der Waals surface area contributed by atoms with Gasteiger partial charge in [-0.15, -0.1) is 0 Å². The largest absolute Gasteiger partial charge is 0.353 e. The standard InChI is InChI=1S/C9H18N2O3S2/c1-3-16(14)5-4-10-9(13)8(6-15)11-7(2)12/h8,15H,3-6H2,1-2H3,(H,10,13)(H,11,12). The first-order valence-electron chi connectivity index (χ1n) is 5.01. The summed E-state index contributed by atoms with van der Waals surface area (Å²) >= 11 is 3.98. The van der Waals surface area contributed by atoms with Crippen LogP contribution in [0.5, 0.6) is 0 Å². The number of thiol groups is 1. The minimum Gasteiger partial charge on any atom is -0.353 e. The summed E-state index contributed by atoms with van der Waals surface area (Å²) in [5.41, 5.74) is 0. The zero-order valence-corrected chi connectivity index (χ0v) is 11.2. The second-order valence-electron chi connectivity index (χ2n) is 3.16. The minimum atomic E-state index is -0.890. The molecule has 2 N–H and O–H groups in total. The highest BCUT2D eigenvalue weighted by molar-refractivity contribution is 7.84. The number of hydrogen-bond acceptors (Lipinski definition) is 4. The molecule has 2 atom stereocenters. The molecule has 0 heterocycles. The first-order valence-corrected chi connectivity index (χ1v) is 7.14. The van der Waals surface area contributed by atoms with Gasteiger partial charge >= 0.3 is 0 Å². The van der Waals surface area contributed by atoms with Gasteiger partial charge in [-0.3, -0.25) is 13.8 Å². The van der Waals surface area contributed by atoms with E-state index in [9.17, 15) is 13.8 Å². The third kappa shape index (κ3) is 6.84. The van der Waals surface area contributed by atoms with E-state index in [4.69, 9.17) is 0 Å². The van der Waals surface area contributed by atoms with Crippen LogP contribution in [0.4, 0.5) is 0 Å². The van der Waals surface area contributed by atoms with E-state index in [0.29, 0.717) is 18.1 Å². The van der Waals surface area contributed by atoms with E-state index < -0.39 is 16.8 Å². The van der Waals surface area contributed by atoms with Crippen molar-refractivity contribution < 1.29 is 13.8 Å². The lowest BCUT2D eigenvalue weighted by molar-refractivity contribution is -0.127. The van der Waals surface area contributed by atoms with E-state index in [0.717, 1.165) is 0 Å². The van der Waals surface area contributed by atoms with Crippen LogP contribution in [-0.4, -0.2) is 45.9 Å². The molecular weight excluding hydrogens is 248 g/mol. The topological polar surface area (TPSA) is 75.3 Å². The van der Waals surface area contributed by atoms with Crippen LogP contribution in [0.1, 0.15) is 13.8 Å². The van der Waals surface area contributed by atoms with Crippen LogP contribution in [0, 0.1) is 0 Å². The van der Waals surface area contributed by atoms with E-state index >= 15 is 0 Å². The molecule has 0 aliphatic heterocycles. The zero-order chi connectivity index (χ0) is 12.6. The fourth-order valence-electron chi connectivity index (χ4n) is 0.995. The molecule has 0 spiro atoms. The van der Waals surface area contributed by atoms with Crippen molar-refractivity contribution in [3.63, 3.8) is 0 Å². The Labute approximate surface area is 104 Å². The maximum atomic E-state index is 11.5. The highest BCUT2D eigenvalue weighted by atomic mass is 32.2. The van der Waals surface area contributed by atoms with Gasteiger partial charge in [-0.05, 0) is 0 Å². The zero-order valence-electron chi connectivity index (χ0n) is 9.49. The molecule has 0 aromatic heterocycles. The molecule has 2 unspecified atom stereocenters. The summed E-state index contributed by atoms with van der Waals surface area (Å²) in [6, 6.07) is -0.629. The molecule has 0 aromatic carbocycles. The van der Waals surface area contributed by atoms with Gasteiger partial charge in [0.2, 0.25) is 11.8 Å². The maximum absolute atomic E-state index is 11.5. The average molecular weight is 266 g/mol. The molecule has 0 rings (SSSR count). The highest BCUT2D eigenvalue weighted by Gasteiger charge is 2.16. The Bertz CT molecular complexity index is 271. The van der Waals surface area contributed by atoms with E-state index in [1.165, 1.54) is 6.92 Å². The molecule has 0 aliphatic carbocycles. The number of amides is 2. The van der Waals surface area contributed by atoms with Gasteiger partial charge in [0.15, 0.2) is 0 Å². The molecule has 0 aromatic rings. The van der Waals surface area contributed by atoms with Gasteiger partial charge in [0, 0.05) is 41.5 Å². The lowest BCUT2D eigenvalue weighted by atomic mass is 10.3. The van der Waals surface area contributed by atoms with Crippen LogP contribution in [-0.2, 0) is 20.4 Å². The molecule has 0 aliphatic rings. The summed E-state index contributed by atoms with van der Waals surface area (Å²) < 4.78 is 11.1. The summed E-state index contributed by atoms with van der Waals surface area (Å²) in [6.45, 7) is 3.52. The second kappa shape index (κ2) is 8.58. The molecule has 0 radical (unpaired) electrons. The number of hydrogen-bond donors (Lipinski definition) is 3. The van der Waals surface area contributed by atoms with Gasteiger partial charge in [-0.1, -0.05) is 6.92 Å². The number of rotatable bonds is 7. The van der Waals surface area contributed by atoms with Gasteiger partial charge in [0.1, 0.15) is 6.04 Å². The number of carbonyl (C=O) groups is 2. The van der Waals surface area contributed by atoms with Gasteiger partial charge in [0.05, 0.1) is 0 Å². The van der Waals surface area contributed by atoms with Gasteiger partial charge < -0.3 is 10.6 Å². The molecule has 0 saturated carbocycles. The van der Waals surface area contributed by atoms with Gasteiger partial charge in [-0.25, -0.2) is 0 Å². The summed E-state index contributed by atoms with van der Waals surface area (Å²) in [5.74, 6) is 0.686. The smallest absolute Gasteiger partial charge is 0.243 e. The van der Waals surface area contributed by atoms with Crippen LogP contribution in [0.15, 0.2) is 0 Å². The van der Waals surface area contributed by atoms with E-state index in [1.54, 1.807) is 0 Å². The molecule has 0 bridgehead atoms. The van der Waals surface area contributed by atoms with Crippen LogP contribution >= 0.6 is 12.6 Å². The van der Waals surface area contributed by atoms with Gasteiger partial charge in [0.25, 0.3) is 0 Å². The summed E-state index contributed by atoms with van der Waals surface area (Å²) in [5, 5.41) is 5.09. The molecule has 94 valence electrons. The van der Waals surface area contributed by atoms with E-state index in [-0.39, 0.29) is 17.6 Å². The SMILES string of the molecule is CCS(=O)CCNC(=O)C(CS)NC(C)=O. The second-order valence-corrected chi connectivity index (χ2v) is 5.39. The summed E-state index contributed by atoms with van der Waals surface area (Å²) in [7, 11) is -0.890. The third-order valence-corrected chi connectivity index (χ3v) is 3.50. The lowest BCUT2D eigenvalue weighted by Crippen LogP contribution is -2.48. The van der Waals surface area contributed by atoms with Crippen LogP contribution in [0.25, 0.3) is 0 Å². The Balaban J connectivity index is 3.93. The predicted molar refractivity (Wildman–Crippen MR) is 68.0 cm³/mol. The lowest BCUT2D eigenvalue weighted by Gasteiger charge is -2.14. The van der Waals surface area contributed by atoms with Gasteiger partial charge in [-0.2, -0.15) is 12.6 Å². The van der Waals surface area contributed by atoms with Crippen molar-refractivity contribution in [3.8, 4) is 0 Å². The molecule has 0 saturated heterocycles. The molecule has 16 heavy (non-hydrogen) atoms. The van der Waals surface area contributed by atoms with Crippen molar-refractivity contribution in [2.75, 3.05) is 23.8 Å². The van der Waals surface area contributed by atoms with Crippen molar-refractivity contribution in [3.05, 3.63) is 0 Å². The van der Waals surface area contributed by atoms with Crippen LogP contribution in [0.2, 0.25) is 0 Å². The molecule has 0 fully saturated rings. The molecule has 5 nitrogen and oxygen atoms in total. The Kier molecular flexibility index (Phi) is 8.28. The number of carbonyl (C=O) groups excluding carboxylic acids is 2. The first-order chi connectivity index (χ1) is 7.51. The quantitative estimate of drug-likeness (QED) is 0.534. The Morgan fingerprint density at radius 1 is 1.44 bits per heavy atom. The van der Waals surface area contributed by atoms with E-state index in [2.05, 4.69) is 23.3 Å². The van der Waals surface area contributed by atoms with Crippen molar-refractivity contribution in [1.29, 1.82) is 0 Å². The number of nitrogens with one attached hydrogen (secondary N) is 2. The molecule has 2 amide bonds. The summed E-state index contributed by atoms with van der Waals surface area (Å²) in [4.78, 5) is 22.3. The monoisotopic (exact) mass is 266 g/mol. The van der Waals surface area contributed by atoms with Crippen molar-refractivity contribution in [2.24, 2.45) is 0 Å². The third-order valence-electron chi connectivity index (χ3n) is 1.83. The molecule has 7 heteroatoms. The fourth-order valence-corrected chi connectivity index (χ4v) is 1.87. The molecular formula is C9H18N2O3S2. The predicted octanol–water partition coefficient (Wildman–Crippen LogP) is -0.694. The normalized spacial score (nSPS) is 13.9. The van der Waals surface area contributed by atoms with Crippen molar-refractivity contribution >= 4 is 35.2 Å². The fraction of sp³-hybridized carbons (Fsp3) is 0.778. The van der Waals surface area contributed by atoms with E-state index in [1.807, 2.05) is 6.92 Å². The Hall–Kier alpha value is -0.560. The highest BCUT2D eigenvalue weighted by Crippen LogP contribution is 1.89. The van der Waals surface area contributed by atoms with Crippen molar-refractivity contribution in [1.82, 2.24) is 10.6 Å². The average Bonchev–Trinajstić information content (AvgIpc) is 2.24.